The van der Waals surface area contributed by atoms with Gasteiger partial charge in [-0.1, -0.05) is 103 Å². The first kappa shape index (κ1) is 75.9. The van der Waals surface area contributed by atoms with Gasteiger partial charge in [-0.15, -0.1) is 0 Å². The number of benzene rings is 3. The van der Waals surface area contributed by atoms with Crippen LogP contribution < -0.4 is 16.8 Å². The lowest BCUT2D eigenvalue weighted by Gasteiger charge is -2.26. The normalized spacial score (nSPS) is 16.3. The van der Waals surface area contributed by atoms with Gasteiger partial charge in [0.05, 0.1) is 49.2 Å². The highest BCUT2D eigenvalue weighted by atomic mass is 35.5. The molecule has 0 radical (unpaired) electrons. The molecule has 5 aliphatic heterocycles. The Kier molecular flexibility index (Phi) is 30.6. The number of likely N-dealkylation sites (tertiary alicyclic amines) is 3. The Morgan fingerprint density at radius 1 is 0.465 bits per heavy atom. The van der Waals surface area contributed by atoms with Crippen LogP contribution in [0.1, 0.15) is 159 Å². The highest BCUT2D eigenvalue weighted by molar-refractivity contribution is 6.36. The van der Waals surface area contributed by atoms with Gasteiger partial charge in [0.1, 0.15) is 0 Å². The summed E-state index contributed by atoms with van der Waals surface area (Å²) in [5.74, 6) is -0.507. The molecule has 0 atom stereocenters. The van der Waals surface area contributed by atoms with Crippen LogP contribution in [0.5, 0.6) is 0 Å². The van der Waals surface area contributed by atoms with Crippen molar-refractivity contribution in [3.63, 3.8) is 0 Å². The van der Waals surface area contributed by atoms with E-state index < -0.39 is 5.97 Å². The molecule has 18 nitrogen and oxygen atoms in total. The minimum atomic E-state index is -0.952. The van der Waals surface area contributed by atoms with Crippen molar-refractivity contribution in [1.29, 1.82) is 0 Å². The lowest BCUT2D eigenvalue weighted by Crippen LogP contribution is -2.31. The van der Waals surface area contributed by atoms with E-state index in [9.17, 15) is 14.4 Å². The molecule has 534 valence electrons. The molecule has 5 aliphatic rings. The third-order valence-corrected chi connectivity index (χ3v) is 19.9. The van der Waals surface area contributed by atoms with Crippen LogP contribution in [0.2, 0.25) is 10.0 Å². The van der Waals surface area contributed by atoms with Crippen LogP contribution in [-0.2, 0) is 9.47 Å². The summed E-state index contributed by atoms with van der Waals surface area (Å²) in [5.41, 5.74) is 21.5. The molecular formula is C81H100Cl2N12O6. The highest BCUT2D eigenvalue weighted by Crippen LogP contribution is 2.32. The maximum absolute atomic E-state index is 12.7. The summed E-state index contributed by atoms with van der Waals surface area (Å²) in [6.07, 6.45) is 33.2. The monoisotopic (exact) mass is 1410 g/mol. The van der Waals surface area contributed by atoms with Crippen molar-refractivity contribution in [3.8, 4) is 33.8 Å². The molecule has 0 aliphatic carbocycles. The Bertz CT molecular complexity index is 4030. The fourth-order valence-electron chi connectivity index (χ4n) is 13.3. The van der Waals surface area contributed by atoms with Crippen LogP contribution in [-0.4, -0.2) is 171 Å². The number of halogens is 2. The zero-order chi connectivity index (χ0) is 70.4. The summed E-state index contributed by atoms with van der Waals surface area (Å²) in [4.78, 5) is 70.2. The Morgan fingerprint density at radius 3 is 1.22 bits per heavy atom. The fourth-order valence-corrected chi connectivity index (χ4v) is 13.8. The third-order valence-electron chi connectivity index (χ3n) is 19.3. The van der Waals surface area contributed by atoms with Gasteiger partial charge in [-0.25, -0.2) is 19.7 Å². The topological polar surface area (TPSA) is 241 Å². The molecule has 6 N–H and O–H groups in total. The number of piperidine rings is 3. The molecular weight excluding hydrogens is 1310 g/mol. The van der Waals surface area contributed by atoms with Crippen LogP contribution in [0.4, 0.5) is 5.69 Å². The van der Waals surface area contributed by atoms with Gasteiger partial charge in [0.15, 0.2) is 11.6 Å². The van der Waals surface area contributed by atoms with E-state index in [1.54, 1.807) is 67.4 Å². The predicted octanol–water partition coefficient (Wildman–Crippen LogP) is 16.1. The van der Waals surface area contributed by atoms with E-state index in [1.165, 1.54) is 110 Å². The van der Waals surface area contributed by atoms with Gasteiger partial charge in [-0.05, 0) is 210 Å². The summed E-state index contributed by atoms with van der Waals surface area (Å²) < 4.78 is 10.6. The maximum Gasteiger partial charge on any atom is 0.335 e. The molecule has 5 saturated heterocycles. The van der Waals surface area contributed by atoms with Gasteiger partial charge in [-0.3, -0.25) is 24.5 Å². The van der Waals surface area contributed by atoms with Gasteiger partial charge in [0.2, 0.25) is 0 Å². The number of fused-ring (bicyclic) bond motifs is 3. The number of carbonyl (C=O) groups excluding carboxylic acids is 2. The van der Waals surface area contributed by atoms with Gasteiger partial charge in [-0.2, -0.15) is 0 Å². The van der Waals surface area contributed by atoms with Crippen LogP contribution in [0.15, 0.2) is 146 Å². The van der Waals surface area contributed by atoms with Gasteiger partial charge < -0.3 is 46.1 Å². The minimum Gasteiger partial charge on any atom is -0.478 e. The number of carboxylic acid groups (broad SMARTS) is 1. The molecule has 20 heteroatoms. The van der Waals surface area contributed by atoms with E-state index in [2.05, 4.69) is 51.0 Å². The van der Waals surface area contributed by atoms with Gasteiger partial charge in [0, 0.05) is 138 Å². The molecule has 0 saturated carbocycles. The predicted molar refractivity (Wildman–Crippen MR) is 408 cm³/mol. The quantitative estimate of drug-likeness (QED) is 0.0386. The number of ether oxygens (including phenoxy) is 2. The van der Waals surface area contributed by atoms with Crippen molar-refractivity contribution < 1.29 is 29.0 Å². The Balaban J connectivity index is 0.000000149. The summed E-state index contributed by atoms with van der Waals surface area (Å²) >= 11 is 12.6. The number of hydrogen-bond acceptors (Lipinski definition) is 17. The van der Waals surface area contributed by atoms with Gasteiger partial charge in [0.25, 0.3) is 0 Å². The number of ketones is 2. The first-order valence-electron chi connectivity index (χ1n) is 36.7. The number of aromatic nitrogens is 6. The SMILES string of the molecule is NC1CCOCC1.NCCCN1CCCCC1.O=C(CCCCN1CCCCC1)c1ccc(-c2cc(Cl)c3cnccc3n2)cc1.O=C(CCCCN1CCCCC1)c1ccc(-c2cc(NC3CCOCC3)c3cnccc3n2)cc1.O=C(O)c1ccc(-c2cc(Cl)c3cnccc3n2)cc1. The second-order valence-electron chi connectivity index (χ2n) is 26.8. The number of nitrogens with zero attached hydrogens (tertiary/aromatic N) is 9. The Labute approximate surface area is 605 Å². The van der Waals surface area contributed by atoms with E-state index >= 15 is 0 Å². The lowest BCUT2D eigenvalue weighted by molar-refractivity contribution is 0.0696. The first-order chi connectivity index (χ1) is 49.4. The van der Waals surface area contributed by atoms with Crippen molar-refractivity contribution in [2.75, 3.05) is 97.2 Å². The average Bonchev–Trinajstić information content (AvgIpc) is 0.809. The van der Waals surface area contributed by atoms with Crippen molar-refractivity contribution in [2.45, 2.75) is 141 Å². The van der Waals surface area contributed by atoms with E-state index in [4.69, 9.17) is 54.2 Å². The molecule has 6 aromatic heterocycles. The number of carbonyl (C=O) groups is 3. The van der Waals surface area contributed by atoms with E-state index in [0.717, 1.165) is 175 Å². The second-order valence-corrected chi connectivity index (χ2v) is 27.7. The molecule has 0 unspecified atom stereocenters. The molecule has 14 rings (SSSR count). The average molecular weight is 1410 g/mol. The van der Waals surface area contributed by atoms with E-state index in [1.807, 2.05) is 72.9 Å². The number of rotatable bonds is 21. The second kappa shape index (κ2) is 40.8. The van der Waals surface area contributed by atoms with Gasteiger partial charge >= 0.3 is 5.97 Å². The van der Waals surface area contributed by atoms with Crippen LogP contribution in [0.25, 0.3) is 66.5 Å². The number of nitrogens with one attached hydrogen (secondary N) is 1. The van der Waals surface area contributed by atoms with E-state index in [-0.39, 0.29) is 17.1 Å². The molecule has 101 heavy (non-hydrogen) atoms. The number of nitrogens with two attached hydrogens (primary N) is 2. The summed E-state index contributed by atoms with van der Waals surface area (Å²) in [7, 11) is 0. The fraction of sp³-hybridized carbons (Fsp3) is 0.444. The van der Waals surface area contributed by atoms with Crippen molar-refractivity contribution in [1.82, 2.24) is 44.6 Å². The number of Topliss-reactive ketones (excluding diaryl/α,β-unsaturated/α-hetero) is 2. The number of anilines is 1. The summed E-state index contributed by atoms with van der Waals surface area (Å²) in [5, 5.41) is 16.4. The minimum absolute atomic E-state index is 0.214. The standard InChI is InChI=1S/C29H36N4O2.C24H26ClN3O.C15H9ClN2O2.C8H18N2.C5H11NO/c34-29(6-2-5-17-33-15-3-1-4-16-33)23-9-7-22(8-10-23)27-20-28(31-24-12-18-35-19-13-24)25-21-30-14-11-26(25)32-27;25-21-16-23(27-22-11-12-26-17-20(21)22)18-7-9-19(10-8-18)24(29)6-2-5-15-28-13-3-1-4-14-28;16-12-7-14(18-13-5-6-17-8-11(12)13)9-1-3-10(4-2-9)15(19)20;9-5-4-8-10-6-2-1-3-7-10;6-5-1-3-7-4-2-5/h7-11,14,20-21,24H,1-6,12-13,15-19H2,(H,31,32);7-12,16-17H,1-6,13-15H2;1-8H,(H,19,20);1-9H2;5H,1-4,6H2. The molecule has 9 aromatic rings. The lowest BCUT2D eigenvalue weighted by atomic mass is 10.0. The third kappa shape index (κ3) is 23.9. The van der Waals surface area contributed by atoms with Crippen molar-refractivity contribution in [3.05, 3.63) is 173 Å². The van der Waals surface area contributed by atoms with Crippen molar-refractivity contribution >= 4 is 79.1 Å². The number of carboxylic acids is 1. The zero-order valence-corrected chi connectivity index (χ0v) is 60.0. The maximum atomic E-state index is 12.7. The molecule has 0 bridgehead atoms. The number of unbranched alkanes of at least 4 members (excludes halogenated alkanes) is 2. The number of aromatic carboxylic acids is 1. The van der Waals surface area contributed by atoms with Crippen LogP contribution in [0, 0.1) is 0 Å². The molecule has 11 heterocycles. The Hall–Kier alpha value is -7.75. The largest absolute Gasteiger partial charge is 0.478 e. The van der Waals surface area contributed by atoms with Crippen molar-refractivity contribution in [2.24, 2.45) is 11.5 Å². The molecule has 0 spiro atoms. The zero-order valence-electron chi connectivity index (χ0n) is 58.5. The number of pyridine rings is 6. The molecule has 3 aromatic carbocycles. The number of hydrogen-bond donors (Lipinski definition) is 4. The molecule has 0 amide bonds. The van der Waals surface area contributed by atoms with Crippen LogP contribution in [0.3, 0.4) is 0 Å². The first-order valence-corrected chi connectivity index (χ1v) is 37.4. The molecule has 5 fully saturated rings. The Morgan fingerprint density at radius 2 is 0.832 bits per heavy atom. The smallest absolute Gasteiger partial charge is 0.335 e. The highest BCUT2D eigenvalue weighted by Gasteiger charge is 2.19. The van der Waals surface area contributed by atoms with E-state index in [0.29, 0.717) is 40.7 Å². The summed E-state index contributed by atoms with van der Waals surface area (Å²) in [6, 6.07) is 34.3. The van der Waals surface area contributed by atoms with Crippen LogP contribution >= 0.6 is 23.2 Å². The summed E-state index contributed by atoms with van der Waals surface area (Å²) in [6.45, 7) is 15.1.